The Hall–Kier alpha value is -1.13. The monoisotopic (exact) mass is 249 g/mol. The molecule has 1 N–H and O–H groups in total. The van der Waals surface area contributed by atoms with E-state index in [1.54, 1.807) is 13.1 Å². The standard InChI is InChI=1S/C14H23N3O/c1-4-13-10-17(8-7-16(13)3)14-6-5-12(9-15-14)11(2)18/h5-6,9,11,13,18H,4,7-8,10H2,1-3H3. The summed E-state index contributed by atoms with van der Waals surface area (Å²) >= 11 is 0. The van der Waals surface area contributed by atoms with Gasteiger partial charge in [-0.3, -0.25) is 4.90 Å². The molecule has 2 heterocycles. The lowest BCUT2D eigenvalue weighted by Crippen LogP contribution is -2.51. The van der Waals surface area contributed by atoms with Crippen molar-refractivity contribution in [2.24, 2.45) is 0 Å². The zero-order valence-electron chi connectivity index (χ0n) is 11.5. The first-order chi connectivity index (χ1) is 8.61. The molecule has 100 valence electrons. The summed E-state index contributed by atoms with van der Waals surface area (Å²) in [5, 5.41) is 9.48. The number of likely N-dealkylation sites (N-methyl/N-ethyl adjacent to an activating group) is 1. The molecular weight excluding hydrogens is 226 g/mol. The predicted octanol–water partition coefficient (Wildman–Crippen LogP) is 1.67. The molecule has 18 heavy (non-hydrogen) atoms. The minimum absolute atomic E-state index is 0.442. The molecule has 1 aliphatic heterocycles. The zero-order chi connectivity index (χ0) is 13.1. The summed E-state index contributed by atoms with van der Waals surface area (Å²) in [6.45, 7) is 7.13. The smallest absolute Gasteiger partial charge is 0.128 e. The van der Waals surface area contributed by atoms with Crippen LogP contribution in [0.1, 0.15) is 31.9 Å². The van der Waals surface area contributed by atoms with Crippen molar-refractivity contribution in [1.29, 1.82) is 0 Å². The Bertz CT molecular complexity index is 377. The lowest BCUT2D eigenvalue weighted by Gasteiger charge is -2.39. The fourth-order valence-electron chi connectivity index (χ4n) is 2.43. The molecule has 2 atom stereocenters. The quantitative estimate of drug-likeness (QED) is 0.884. The van der Waals surface area contributed by atoms with Crippen LogP contribution in [0, 0.1) is 0 Å². The van der Waals surface area contributed by atoms with Gasteiger partial charge >= 0.3 is 0 Å². The van der Waals surface area contributed by atoms with E-state index in [0.29, 0.717) is 6.04 Å². The van der Waals surface area contributed by atoms with E-state index < -0.39 is 6.10 Å². The Kier molecular flexibility index (Phi) is 4.19. The molecule has 0 amide bonds. The van der Waals surface area contributed by atoms with E-state index in [1.165, 1.54) is 6.42 Å². The maximum absolute atomic E-state index is 9.48. The average molecular weight is 249 g/mol. The molecule has 0 saturated carbocycles. The summed E-state index contributed by atoms with van der Waals surface area (Å²) in [7, 11) is 2.19. The highest BCUT2D eigenvalue weighted by Gasteiger charge is 2.23. The Morgan fingerprint density at radius 2 is 2.22 bits per heavy atom. The van der Waals surface area contributed by atoms with Crippen molar-refractivity contribution in [3.05, 3.63) is 23.9 Å². The molecular formula is C14H23N3O. The first-order valence-electron chi connectivity index (χ1n) is 6.71. The minimum atomic E-state index is -0.442. The fourth-order valence-corrected chi connectivity index (χ4v) is 2.43. The van der Waals surface area contributed by atoms with E-state index in [2.05, 4.69) is 28.8 Å². The summed E-state index contributed by atoms with van der Waals surface area (Å²) in [5.74, 6) is 1.02. The number of aliphatic hydroxyl groups is 1. The molecule has 2 unspecified atom stereocenters. The normalized spacial score (nSPS) is 23.1. The van der Waals surface area contributed by atoms with Gasteiger partial charge in [-0.1, -0.05) is 13.0 Å². The van der Waals surface area contributed by atoms with Gasteiger partial charge in [-0.05, 0) is 32.0 Å². The number of pyridine rings is 1. The van der Waals surface area contributed by atoms with Crippen molar-refractivity contribution >= 4 is 5.82 Å². The molecule has 0 bridgehead atoms. The number of aliphatic hydroxyl groups excluding tert-OH is 1. The largest absolute Gasteiger partial charge is 0.389 e. The molecule has 1 aromatic rings. The molecule has 2 rings (SSSR count). The highest BCUT2D eigenvalue weighted by Crippen LogP contribution is 2.19. The second kappa shape index (κ2) is 5.67. The predicted molar refractivity (Wildman–Crippen MR) is 73.8 cm³/mol. The van der Waals surface area contributed by atoms with Gasteiger partial charge in [-0.2, -0.15) is 0 Å². The van der Waals surface area contributed by atoms with E-state index >= 15 is 0 Å². The Labute approximate surface area is 109 Å². The van der Waals surface area contributed by atoms with Crippen LogP contribution in [0.25, 0.3) is 0 Å². The number of hydrogen-bond donors (Lipinski definition) is 1. The molecule has 0 aliphatic carbocycles. The van der Waals surface area contributed by atoms with Gasteiger partial charge in [0.15, 0.2) is 0 Å². The minimum Gasteiger partial charge on any atom is -0.389 e. The van der Waals surface area contributed by atoms with Crippen LogP contribution < -0.4 is 4.90 Å². The maximum Gasteiger partial charge on any atom is 0.128 e. The molecule has 1 aromatic heterocycles. The van der Waals surface area contributed by atoms with Gasteiger partial charge in [-0.15, -0.1) is 0 Å². The first-order valence-corrected chi connectivity index (χ1v) is 6.71. The lowest BCUT2D eigenvalue weighted by atomic mass is 10.1. The van der Waals surface area contributed by atoms with Gasteiger partial charge in [0.25, 0.3) is 0 Å². The van der Waals surface area contributed by atoms with Crippen molar-refractivity contribution in [2.45, 2.75) is 32.4 Å². The van der Waals surface area contributed by atoms with Gasteiger partial charge in [-0.25, -0.2) is 4.98 Å². The summed E-state index contributed by atoms with van der Waals surface area (Å²) in [5.41, 5.74) is 0.875. The van der Waals surface area contributed by atoms with Crippen LogP contribution >= 0.6 is 0 Å². The van der Waals surface area contributed by atoms with Crippen molar-refractivity contribution < 1.29 is 5.11 Å². The van der Waals surface area contributed by atoms with Crippen molar-refractivity contribution in [1.82, 2.24) is 9.88 Å². The third kappa shape index (κ3) is 2.82. The summed E-state index contributed by atoms with van der Waals surface area (Å²) in [6, 6.07) is 4.59. The number of aromatic nitrogens is 1. The topological polar surface area (TPSA) is 39.6 Å². The Morgan fingerprint density at radius 3 is 2.78 bits per heavy atom. The molecule has 0 aromatic carbocycles. The summed E-state index contributed by atoms with van der Waals surface area (Å²) in [6.07, 6.45) is 2.50. The van der Waals surface area contributed by atoms with E-state index in [-0.39, 0.29) is 0 Å². The highest BCUT2D eigenvalue weighted by atomic mass is 16.3. The SMILES string of the molecule is CCC1CN(c2ccc(C(C)O)cn2)CCN1C. The van der Waals surface area contributed by atoms with Crippen LogP contribution in [0.2, 0.25) is 0 Å². The first kappa shape index (κ1) is 13.3. The van der Waals surface area contributed by atoms with Crippen molar-refractivity contribution in [3.8, 4) is 0 Å². The number of nitrogens with zero attached hydrogens (tertiary/aromatic N) is 3. The Morgan fingerprint density at radius 1 is 1.44 bits per heavy atom. The zero-order valence-corrected chi connectivity index (χ0v) is 11.5. The maximum atomic E-state index is 9.48. The third-order valence-electron chi connectivity index (χ3n) is 3.83. The highest BCUT2D eigenvalue weighted by molar-refractivity contribution is 5.40. The molecule has 0 spiro atoms. The molecule has 4 heteroatoms. The van der Waals surface area contributed by atoms with Crippen molar-refractivity contribution in [2.75, 3.05) is 31.6 Å². The van der Waals surface area contributed by atoms with Crippen LogP contribution in [-0.2, 0) is 0 Å². The fraction of sp³-hybridized carbons (Fsp3) is 0.643. The summed E-state index contributed by atoms with van der Waals surface area (Å²) in [4.78, 5) is 9.22. The number of piperazine rings is 1. The second-order valence-corrected chi connectivity index (χ2v) is 5.11. The number of rotatable bonds is 3. The van der Waals surface area contributed by atoms with Gasteiger partial charge < -0.3 is 10.0 Å². The molecule has 4 nitrogen and oxygen atoms in total. The van der Waals surface area contributed by atoms with Gasteiger partial charge in [0.2, 0.25) is 0 Å². The van der Waals surface area contributed by atoms with Crippen LogP contribution in [0.15, 0.2) is 18.3 Å². The van der Waals surface area contributed by atoms with E-state index in [9.17, 15) is 5.11 Å². The van der Waals surface area contributed by atoms with Crippen molar-refractivity contribution in [3.63, 3.8) is 0 Å². The van der Waals surface area contributed by atoms with Gasteiger partial charge in [0.05, 0.1) is 6.10 Å². The molecule has 1 saturated heterocycles. The third-order valence-corrected chi connectivity index (χ3v) is 3.83. The molecule has 1 fully saturated rings. The van der Waals surface area contributed by atoms with E-state index in [1.807, 2.05) is 12.1 Å². The number of hydrogen-bond acceptors (Lipinski definition) is 4. The van der Waals surface area contributed by atoms with E-state index in [4.69, 9.17) is 0 Å². The van der Waals surface area contributed by atoms with Crippen LogP contribution in [-0.4, -0.2) is 47.7 Å². The molecule has 0 radical (unpaired) electrons. The lowest BCUT2D eigenvalue weighted by molar-refractivity contribution is 0.198. The van der Waals surface area contributed by atoms with Crippen LogP contribution in [0.5, 0.6) is 0 Å². The van der Waals surface area contributed by atoms with Crippen LogP contribution in [0.3, 0.4) is 0 Å². The van der Waals surface area contributed by atoms with Gasteiger partial charge in [0.1, 0.15) is 5.82 Å². The van der Waals surface area contributed by atoms with E-state index in [0.717, 1.165) is 31.0 Å². The molecule has 1 aliphatic rings. The second-order valence-electron chi connectivity index (χ2n) is 5.11. The summed E-state index contributed by atoms with van der Waals surface area (Å²) < 4.78 is 0. The van der Waals surface area contributed by atoms with Gasteiger partial charge in [0, 0.05) is 31.9 Å². The average Bonchev–Trinajstić information content (AvgIpc) is 2.39. The number of anilines is 1. The Balaban J connectivity index is 2.07. The van der Waals surface area contributed by atoms with Crippen LogP contribution in [0.4, 0.5) is 5.82 Å².